The summed E-state index contributed by atoms with van der Waals surface area (Å²) in [6.07, 6.45) is 9.16. The van der Waals surface area contributed by atoms with Crippen LogP contribution in [0.5, 0.6) is 0 Å². The molecule has 1 heterocycles. The second kappa shape index (κ2) is 6.10. The van der Waals surface area contributed by atoms with E-state index in [9.17, 15) is 4.79 Å². The quantitative estimate of drug-likeness (QED) is 0.818. The number of rotatable bonds is 5. The molecule has 1 N–H and O–H groups in total. The number of carbonyl (C=O) groups excluding carboxylic acids is 1. The van der Waals surface area contributed by atoms with Gasteiger partial charge in [0.05, 0.1) is 12.7 Å². The van der Waals surface area contributed by atoms with Crippen molar-refractivity contribution in [1.29, 1.82) is 0 Å². The lowest BCUT2D eigenvalue weighted by Crippen LogP contribution is -2.37. The average molecular weight is 256 g/mol. The van der Waals surface area contributed by atoms with Crippen molar-refractivity contribution in [3.8, 4) is 0 Å². The molecule has 1 aliphatic heterocycles. The van der Waals surface area contributed by atoms with Crippen LogP contribution in [-0.2, 0) is 4.79 Å². The molecule has 3 atom stereocenters. The fourth-order valence-corrected chi connectivity index (χ4v) is 3.72. The molecule has 1 saturated carbocycles. The number of carbonyl (C=O) groups is 1. The van der Waals surface area contributed by atoms with Gasteiger partial charge in [0.1, 0.15) is 0 Å². The maximum Gasteiger partial charge on any atom is 0.241 e. The summed E-state index contributed by atoms with van der Waals surface area (Å²) in [5.74, 6) is 0.352. The lowest BCUT2D eigenvalue weighted by molar-refractivity contribution is -0.130. The highest BCUT2D eigenvalue weighted by Crippen LogP contribution is 2.32. The predicted molar refractivity (Wildman–Crippen MR) is 73.1 cm³/mol. The van der Waals surface area contributed by atoms with Gasteiger partial charge < -0.3 is 4.90 Å². The van der Waals surface area contributed by atoms with Gasteiger partial charge in [-0.25, -0.2) is 0 Å². The summed E-state index contributed by atoms with van der Waals surface area (Å²) in [5.41, 5.74) is 0. The van der Waals surface area contributed by atoms with Crippen LogP contribution in [-0.4, -0.2) is 41.1 Å². The molecule has 3 nitrogen and oxygen atoms in total. The van der Waals surface area contributed by atoms with E-state index in [1.165, 1.54) is 25.7 Å². The third-order valence-corrected chi connectivity index (χ3v) is 5.16. The van der Waals surface area contributed by atoms with Gasteiger partial charge in [-0.2, -0.15) is 11.8 Å². The third kappa shape index (κ3) is 2.97. The molecule has 0 aromatic heterocycles. The van der Waals surface area contributed by atoms with Crippen LogP contribution in [0.1, 0.15) is 45.4 Å². The van der Waals surface area contributed by atoms with Crippen LogP contribution in [0, 0.1) is 0 Å². The second-order valence-electron chi connectivity index (χ2n) is 5.19. The summed E-state index contributed by atoms with van der Waals surface area (Å²) >= 11 is 1.95. The first-order chi connectivity index (χ1) is 8.26. The van der Waals surface area contributed by atoms with Crippen LogP contribution in [0.3, 0.4) is 0 Å². The third-order valence-electron chi connectivity index (χ3n) is 4.07. The molecular formula is C13H24N2OS. The Morgan fingerprint density at radius 3 is 2.94 bits per heavy atom. The number of hydrogen-bond donors (Lipinski definition) is 1. The average Bonchev–Trinajstić information content (AvgIpc) is 2.93. The van der Waals surface area contributed by atoms with Gasteiger partial charge in [-0.3, -0.25) is 10.1 Å². The van der Waals surface area contributed by atoms with Gasteiger partial charge in [0.25, 0.3) is 0 Å². The Bertz CT molecular complexity index is 272. The number of hydrogen-bond acceptors (Lipinski definition) is 3. The SMILES string of the molecule is CCCCC1NCN(C2CCC(SC)C2)C1=O. The fraction of sp³-hybridized carbons (Fsp3) is 0.923. The first-order valence-electron chi connectivity index (χ1n) is 6.83. The monoisotopic (exact) mass is 256 g/mol. The minimum Gasteiger partial charge on any atom is -0.326 e. The molecule has 0 bridgehead atoms. The largest absolute Gasteiger partial charge is 0.326 e. The van der Waals surface area contributed by atoms with Crippen molar-refractivity contribution < 1.29 is 4.79 Å². The van der Waals surface area contributed by atoms with E-state index < -0.39 is 0 Å². The van der Waals surface area contributed by atoms with Crippen molar-refractivity contribution in [3.63, 3.8) is 0 Å². The molecule has 2 aliphatic rings. The van der Waals surface area contributed by atoms with Crippen molar-refractivity contribution in [2.75, 3.05) is 12.9 Å². The lowest BCUT2D eigenvalue weighted by atomic mass is 10.1. The molecule has 1 saturated heterocycles. The first-order valence-corrected chi connectivity index (χ1v) is 8.11. The normalized spacial score (nSPS) is 33.6. The maximum atomic E-state index is 12.3. The fourth-order valence-electron chi connectivity index (χ4n) is 2.93. The van der Waals surface area contributed by atoms with Gasteiger partial charge in [-0.1, -0.05) is 19.8 Å². The Hall–Kier alpha value is -0.220. The highest BCUT2D eigenvalue weighted by atomic mass is 32.2. The first kappa shape index (κ1) is 13.2. The summed E-state index contributed by atoms with van der Waals surface area (Å²) in [5, 5.41) is 4.14. The van der Waals surface area contributed by atoms with Crippen LogP contribution in [0.15, 0.2) is 0 Å². The van der Waals surface area contributed by atoms with Crippen LogP contribution in [0.25, 0.3) is 0 Å². The maximum absolute atomic E-state index is 12.3. The Morgan fingerprint density at radius 1 is 1.47 bits per heavy atom. The molecule has 17 heavy (non-hydrogen) atoms. The summed E-state index contributed by atoms with van der Waals surface area (Å²) in [6.45, 7) is 2.95. The number of amides is 1. The minimum absolute atomic E-state index is 0.100. The predicted octanol–water partition coefficient (Wildman–Crippen LogP) is 2.22. The van der Waals surface area contributed by atoms with E-state index in [1.807, 2.05) is 11.8 Å². The topological polar surface area (TPSA) is 32.3 Å². The summed E-state index contributed by atoms with van der Waals surface area (Å²) in [4.78, 5) is 14.3. The van der Waals surface area contributed by atoms with Gasteiger partial charge in [0.2, 0.25) is 5.91 Å². The van der Waals surface area contributed by atoms with Crippen LogP contribution in [0.2, 0.25) is 0 Å². The van der Waals surface area contributed by atoms with E-state index >= 15 is 0 Å². The second-order valence-corrected chi connectivity index (χ2v) is 6.33. The van der Waals surface area contributed by atoms with Gasteiger partial charge in [0.15, 0.2) is 0 Å². The van der Waals surface area contributed by atoms with Gasteiger partial charge in [0, 0.05) is 11.3 Å². The highest BCUT2D eigenvalue weighted by Gasteiger charge is 2.38. The molecule has 0 aromatic carbocycles. The molecule has 98 valence electrons. The number of nitrogens with one attached hydrogen (secondary N) is 1. The molecule has 0 spiro atoms. The standard InChI is InChI=1S/C13H24N2OS/c1-3-4-5-12-13(16)15(9-14-12)10-6-7-11(8-10)17-2/h10-12,14H,3-9H2,1-2H3. The summed E-state index contributed by atoms with van der Waals surface area (Å²) in [6, 6.07) is 0.599. The molecule has 4 heteroatoms. The van der Waals surface area contributed by atoms with E-state index in [0.717, 1.165) is 24.8 Å². The van der Waals surface area contributed by atoms with Crippen molar-refractivity contribution >= 4 is 17.7 Å². The van der Waals surface area contributed by atoms with Crippen molar-refractivity contribution in [1.82, 2.24) is 10.2 Å². The summed E-state index contributed by atoms with van der Waals surface area (Å²) < 4.78 is 0. The Morgan fingerprint density at radius 2 is 2.29 bits per heavy atom. The molecule has 1 aliphatic carbocycles. The zero-order valence-corrected chi connectivity index (χ0v) is 11.8. The number of thioether (sulfide) groups is 1. The Balaban J connectivity index is 1.85. The highest BCUT2D eigenvalue weighted by molar-refractivity contribution is 7.99. The molecule has 2 rings (SSSR count). The number of nitrogens with zero attached hydrogens (tertiary/aromatic N) is 1. The van der Waals surface area contributed by atoms with Crippen LogP contribution in [0.4, 0.5) is 0 Å². The zero-order chi connectivity index (χ0) is 12.3. The van der Waals surface area contributed by atoms with Crippen LogP contribution >= 0.6 is 11.8 Å². The number of unbranched alkanes of at least 4 members (excludes halogenated alkanes) is 1. The van der Waals surface area contributed by atoms with E-state index in [0.29, 0.717) is 11.9 Å². The molecule has 1 amide bonds. The van der Waals surface area contributed by atoms with Gasteiger partial charge >= 0.3 is 0 Å². The van der Waals surface area contributed by atoms with Gasteiger partial charge in [-0.05, 0) is 31.9 Å². The van der Waals surface area contributed by atoms with Crippen molar-refractivity contribution in [2.24, 2.45) is 0 Å². The smallest absolute Gasteiger partial charge is 0.241 e. The van der Waals surface area contributed by atoms with E-state index in [1.54, 1.807) is 0 Å². The molecule has 0 radical (unpaired) electrons. The van der Waals surface area contributed by atoms with E-state index in [4.69, 9.17) is 0 Å². The van der Waals surface area contributed by atoms with E-state index in [-0.39, 0.29) is 6.04 Å². The van der Waals surface area contributed by atoms with Crippen molar-refractivity contribution in [2.45, 2.75) is 62.8 Å². The Labute approximate surface area is 109 Å². The molecular weight excluding hydrogens is 232 g/mol. The zero-order valence-electron chi connectivity index (χ0n) is 10.9. The minimum atomic E-state index is 0.100. The molecule has 0 aromatic rings. The van der Waals surface area contributed by atoms with Gasteiger partial charge in [-0.15, -0.1) is 0 Å². The Kier molecular flexibility index (Phi) is 4.74. The molecule has 2 fully saturated rings. The van der Waals surface area contributed by atoms with Crippen molar-refractivity contribution in [3.05, 3.63) is 0 Å². The van der Waals surface area contributed by atoms with E-state index in [2.05, 4.69) is 23.4 Å². The van der Waals surface area contributed by atoms with Crippen LogP contribution < -0.4 is 5.32 Å². The lowest BCUT2D eigenvalue weighted by Gasteiger charge is -2.23. The summed E-state index contributed by atoms with van der Waals surface area (Å²) in [7, 11) is 0. The molecule has 3 unspecified atom stereocenters.